The van der Waals surface area contributed by atoms with Crippen molar-refractivity contribution in [2.45, 2.75) is 17.9 Å². The molecule has 0 radical (unpaired) electrons. The molecule has 0 spiro atoms. The standard InChI is InChI=1S/C16H14ClN3O4S/c1-9-15(21)11-4-2-3-5-13(11)20(9)19-16(22)10-6-7-12(17)14(8-10)25(18,23)24/h2-9H,1H3,(H,19,22)(H2,18,23,24). The van der Waals surface area contributed by atoms with Crippen molar-refractivity contribution in [1.82, 2.24) is 5.43 Å². The summed E-state index contributed by atoms with van der Waals surface area (Å²) in [6.45, 7) is 1.67. The van der Waals surface area contributed by atoms with E-state index in [1.54, 1.807) is 31.2 Å². The summed E-state index contributed by atoms with van der Waals surface area (Å²) in [5.74, 6) is -0.699. The number of Topliss-reactive ketones (excluding diaryl/α,β-unsaturated/α-hetero) is 1. The van der Waals surface area contributed by atoms with Gasteiger partial charge in [0.2, 0.25) is 10.0 Å². The van der Waals surface area contributed by atoms with E-state index in [1.807, 2.05) is 0 Å². The molecule has 2 aromatic rings. The van der Waals surface area contributed by atoms with Gasteiger partial charge in [-0.25, -0.2) is 13.6 Å². The summed E-state index contributed by atoms with van der Waals surface area (Å²) >= 11 is 5.82. The minimum absolute atomic E-state index is 0.0532. The van der Waals surface area contributed by atoms with Gasteiger partial charge in [0.25, 0.3) is 5.91 Å². The molecule has 1 amide bonds. The zero-order chi connectivity index (χ0) is 18.4. The Bertz CT molecular complexity index is 991. The second kappa shape index (κ2) is 6.14. The monoisotopic (exact) mass is 379 g/mol. The Labute approximate surface area is 149 Å². The van der Waals surface area contributed by atoms with Crippen LogP contribution in [0.4, 0.5) is 5.69 Å². The number of primary sulfonamides is 1. The molecule has 9 heteroatoms. The zero-order valence-corrected chi connectivity index (χ0v) is 14.6. The molecule has 1 aliphatic heterocycles. The number of benzene rings is 2. The molecule has 130 valence electrons. The fourth-order valence-electron chi connectivity index (χ4n) is 2.64. The number of anilines is 1. The number of carbonyl (C=O) groups is 2. The average molecular weight is 380 g/mol. The number of hydrazine groups is 1. The van der Waals surface area contributed by atoms with Crippen LogP contribution in [0.3, 0.4) is 0 Å². The molecule has 3 N–H and O–H groups in total. The lowest BCUT2D eigenvalue weighted by molar-refractivity contribution is 0.0931. The molecule has 1 atom stereocenters. The lowest BCUT2D eigenvalue weighted by Crippen LogP contribution is -2.47. The van der Waals surface area contributed by atoms with Crippen LogP contribution in [0.1, 0.15) is 27.6 Å². The van der Waals surface area contributed by atoms with Gasteiger partial charge in [0, 0.05) is 11.1 Å². The highest BCUT2D eigenvalue weighted by Crippen LogP contribution is 2.30. The number of hydrogen-bond donors (Lipinski definition) is 2. The predicted molar refractivity (Wildman–Crippen MR) is 93.0 cm³/mol. The molecular weight excluding hydrogens is 366 g/mol. The van der Waals surface area contributed by atoms with Crippen LogP contribution < -0.4 is 15.6 Å². The number of carbonyl (C=O) groups excluding carboxylic acids is 2. The van der Waals surface area contributed by atoms with Crippen molar-refractivity contribution in [2.24, 2.45) is 5.14 Å². The topological polar surface area (TPSA) is 110 Å². The van der Waals surface area contributed by atoms with Crippen LogP contribution in [-0.2, 0) is 10.0 Å². The summed E-state index contributed by atoms with van der Waals surface area (Å²) < 4.78 is 23.1. The van der Waals surface area contributed by atoms with E-state index in [1.165, 1.54) is 17.1 Å². The molecule has 1 heterocycles. The molecule has 1 unspecified atom stereocenters. The van der Waals surface area contributed by atoms with Gasteiger partial charge in [-0.05, 0) is 37.3 Å². The number of amides is 1. The Kier molecular flexibility index (Phi) is 4.28. The zero-order valence-electron chi connectivity index (χ0n) is 13.1. The number of sulfonamides is 1. The third-order valence-electron chi connectivity index (χ3n) is 3.92. The number of nitrogens with two attached hydrogens (primary N) is 1. The van der Waals surface area contributed by atoms with Crippen molar-refractivity contribution in [1.29, 1.82) is 0 Å². The first-order valence-corrected chi connectivity index (χ1v) is 9.18. The second-order valence-electron chi connectivity index (χ2n) is 5.56. The third kappa shape index (κ3) is 3.11. The van der Waals surface area contributed by atoms with Crippen molar-refractivity contribution in [3.8, 4) is 0 Å². The summed E-state index contributed by atoms with van der Waals surface area (Å²) in [6, 6.07) is 10.1. The van der Waals surface area contributed by atoms with Crippen molar-refractivity contribution in [3.05, 3.63) is 58.6 Å². The fraction of sp³-hybridized carbons (Fsp3) is 0.125. The van der Waals surface area contributed by atoms with E-state index in [9.17, 15) is 18.0 Å². The van der Waals surface area contributed by atoms with E-state index in [4.69, 9.17) is 16.7 Å². The van der Waals surface area contributed by atoms with Crippen molar-refractivity contribution < 1.29 is 18.0 Å². The number of nitrogens with one attached hydrogen (secondary N) is 1. The largest absolute Gasteiger partial charge is 0.292 e. The highest BCUT2D eigenvalue weighted by molar-refractivity contribution is 7.89. The molecule has 0 aliphatic carbocycles. The molecule has 7 nitrogen and oxygen atoms in total. The molecule has 0 aromatic heterocycles. The van der Waals surface area contributed by atoms with Gasteiger partial charge in [-0.1, -0.05) is 23.7 Å². The van der Waals surface area contributed by atoms with Crippen LogP contribution in [0.15, 0.2) is 47.4 Å². The minimum Gasteiger partial charge on any atom is -0.292 e. The fourth-order valence-corrected chi connectivity index (χ4v) is 3.71. The smallest absolute Gasteiger partial charge is 0.269 e. The first-order valence-electron chi connectivity index (χ1n) is 7.26. The normalized spacial score (nSPS) is 16.7. The molecule has 2 aromatic carbocycles. The molecule has 0 fully saturated rings. The molecule has 3 rings (SSSR count). The quantitative estimate of drug-likeness (QED) is 0.843. The molecule has 0 saturated carbocycles. The molecule has 0 saturated heterocycles. The number of para-hydroxylation sites is 1. The first-order chi connectivity index (χ1) is 11.7. The van der Waals surface area contributed by atoms with Gasteiger partial charge in [0.05, 0.1) is 10.7 Å². The Morgan fingerprint density at radius 2 is 1.92 bits per heavy atom. The molecule has 0 bridgehead atoms. The SMILES string of the molecule is CC1C(=O)c2ccccc2N1NC(=O)c1ccc(Cl)c(S(N)(=O)=O)c1. The maximum atomic E-state index is 12.5. The first kappa shape index (κ1) is 17.4. The van der Waals surface area contributed by atoms with Crippen LogP contribution in [0.5, 0.6) is 0 Å². The van der Waals surface area contributed by atoms with E-state index in [2.05, 4.69) is 5.43 Å². The Morgan fingerprint density at radius 1 is 1.24 bits per heavy atom. The average Bonchev–Trinajstić information content (AvgIpc) is 2.79. The number of hydrogen-bond acceptors (Lipinski definition) is 5. The van der Waals surface area contributed by atoms with Gasteiger partial charge < -0.3 is 0 Å². The number of ketones is 1. The Morgan fingerprint density at radius 3 is 2.60 bits per heavy atom. The van der Waals surface area contributed by atoms with Crippen molar-refractivity contribution in [3.63, 3.8) is 0 Å². The number of rotatable bonds is 3. The van der Waals surface area contributed by atoms with E-state index in [0.717, 1.165) is 6.07 Å². The third-order valence-corrected chi connectivity index (χ3v) is 5.31. The van der Waals surface area contributed by atoms with Crippen LogP contribution in [-0.4, -0.2) is 26.2 Å². The van der Waals surface area contributed by atoms with Crippen LogP contribution in [0.2, 0.25) is 5.02 Å². The second-order valence-corrected chi connectivity index (χ2v) is 7.50. The van der Waals surface area contributed by atoms with Crippen LogP contribution in [0, 0.1) is 0 Å². The summed E-state index contributed by atoms with van der Waals surface area (Å²) in [5.41, 5.74) is 3.77. The Hall–Kier alpha value is -2.42. The van der Waals surface area contributed by atoms with Gasteiger partial charge in [-0.15, -0.1) is 0 Å². The van der Waals surface area contributed by atoms with Gasteiger partial charge in [-0.2, -0.15) is 0 Å². The Balaban J connectivity index is 1.93. The summed E-state index contributed by atoms with van der Waals surface area (Å²) in [4.78, 5) is 24.4. The lowest BCUT2D eigenvalue weighted by atomic mass is 10.1. The van der Waals surface area contributed by atoms with Crippen molar-refractivity contribution >= 4 is 39.0 Å². The predicted octanol–water partition coefficient (Wildman–Crippen LogP) is 1.72. The van der Waals surface area contributed by atoms with Gasteiger partial charge >= 0.3 is 0 Å². The summed E-state index contributed by atoms with van der Waals surface area (Å²) in [7, 11) is -4.06. The van der Waals surface area contributed by atoms with E-state index >= 15 is 0 Å². The maximum absolute atomic E-state index is 12.5. The van der Waals surface area contributed by atoms with Crippen LogP contribution in [0.25, 0.3) is 0 Å². The summed E-state index contributed by atoms with van der Waals surface area (Å²) in [5, 5.41) is 6.47. The van der Waals surface area contributed by atoms with Gasteiger partial charge in [-0.3, -0.25) is 20.0 Å². The number of nitrogens with zero attached hydrogens (tertiary/aromatic N) is 1. The number of fused-ring (bicyclic) bond motifs is 1. The maximum Gasteiger partial charge on any atom is 0.269 e. The number of halogens is 1. The van der Waals surface area contributed by atoms with E-state index in [0.29, 0.717) is 11.3 Å². The summed E-state index contributed by atoms with van der Waals surface area (Å²) in [6.07, 6.45) is 0. The van der Waals surface area contributed by atoms with Crippen molar-refractivity contribution in [2.75, 3.05) is 5.01 Å². The van der Waals surface area contributed by atoms with E-state index in [-0.39, 0.29) is 21.3 Å². The molecular formula is C16H14ClN3O4S. The minimum atomic E-state index is -4.06. The molecule has 25 heavy (non-hydrogen) atoms. The van der Waals surface area contributed by atoms with E-state index < -0.39 is 22.0 Å². The molecule has 1 aliphatic rings. The van der Waals surface area contributed by atoms with Gasteiger partial charge in [0.1, 0.15) is 10.9 Å². The highest BCUT2D eigenvalue weighted by atomic mass is 35.5. The van der Waals surface area contributed by atoms with Crippen LogP contribution >= 0.6 is 11.6 Å². The van der Waals surface area contributed by atoms with Gasteiger partial charge in [0.15, 0.2) is 5.78 Å². The lowest BCUT2D eigenvalue weighted by Gasteiger charge is -2.24. The highest BCUT2D eigenvalue weighted by Gasteiger charge is 2.35.